The van der Waals surface area contributed by atoms with Crippen molar-refractivity contribution >= 4 is 39.8 Å². The molecule has 2 fully saturated rings. The molecule has 1 aromatic heterocycles. The van der Waals surface area contributed by atoms with Gasteiger partial charge in [0.1, 0.15) is 12.4 Å². The molecule has 260 valence electrons. The Balaban J connectivity index is 1.24. The van der Waals surface area contributed by atoms with Crippen LogP contribution < -0.4 is 19.9 Å². The third-order valence-electron chi connectivity index (χ3n) is 9.81. The molecule has 0 saturated carbocycles. The van der Waals surface area contributed by atoms with E-state index < -0.39 is 0 Å². The fraction of sp³-hybridized carbons (Fsp3) is 0.514. The predicted octanol–water partition coefficient (Wildman–Crippen LogP) is 4.43. The molecule has 2 aromatic carbocycles. The van der Waals surface area contributed by atoms with Crippen molar-refractivity contribution in [1.82, 2.24) is 25.1 Å². The van der Waals surface area contributed by atoms with Crippen molar-refractivity contribution in [1.29, 1.82) is 5.26 Å². The quantitative estimate of drug-likeness (QED) is 0.260. The van der Waals surface area contributed by atoms with Crippen molar-refractivity contribution in [3.8, 4) is 12.1 Å². The minimum atomic E-state index is -0.384. The lowest BCUT2D eigenvalue weighted by Crippen LogP contribution is -2.44. The molecule has 0 unspecified atom stereocenters. The Hall–Kier alpha value is -3.95. The lowest BCUT2D eigenvalue weighted by molar-refractivity contribution is -0.117. The Morgan fingerprint density at radius 3 is 2.78 bits per heavy atom. The zero-order valence-corrected chi connectivity index (χ0v) is 29.4. The number of hydrogen-bond acceptors (Lipinski definition) is 10. The molecule has 1 amide bonds. The Labute approximate surface area is 294 Å². The van der Waals surface area contributed by atoms with Crippen molar-refractivity contribution in [2.24, 2.45) is 0 Å². The van der Waals surface area contributed by atoms with E-state index in [4.69, 9.17) is 31.0 Å². The molecule has 11 nitrogen and oxygen atoms in total. The first-order valence-corrected chi connectivity index (χ1v) is 17.8. The standard InChI is InChI=1S/C37H47ClN8O3/c1-3-45(24-28(14-16-39)40-34(47)13-7-18-44-20-22-48-23-21-44)36-30-15-19-46(33-12-5-9-27-8-4-11-31(38)35(27)33)25-32(30)41-37(42-36)49-26-29-10-6-17-43(29)2/h4-5,7-9,11-13,28-29H,3,6,10,14-15,17-26H2,1-2H3,(H,40,47)/b13-7+/t28-,29-/m0/s1. The number of anilines is 2. The van der Waals surface area contributed by atoms with Crippen LogP contribution in [0.2, 0.25) is 5.02 Å². The number of amides is 1. The maximum absolute atomic E-state index is 13.0. The molecule has 1 N–H and O–H groups in total. The molecule has 0 radical (unpaired) electrons. The normalized spacial score (nSPS) is 19.1. The highest BCUT2D eigenvalue weighted by Gasteiger charge is 2.29. The fourth-order valence-electron chi connectivity index (χ4n) is 7.07. The first-order chi connectivity index (χ1) is 23.9. The first kappa shape index (κ1) is 34.9. The van der Waals surface area contributed by atoms with Gasteiger partial charge in [0.25, 0.3) is 0 Å². The summed E-state index contributed by atoms with van der Waals surface area (Å²) in [5, 5.41) is 15.6. The van der Waals surface area contributed by atoms with E-state index in [1.54, 1.807) is 6.08 Å². The summed E-state index contributed by atoms with van der Waals surface area (Å²) in [5.41, 5.74) is 3.07. The van der Waals surface area contributed by atoms with E-state index in [9.17, 15) is 10.1 Å². The van der Waals surface area contributed by atoms with Crippen LogP contribution in [-0.2, 0) is 22.5 Å². The molecule has 6 rings (SSSR count). The van der Waals surface area contributed by atoms with Gasteiger partial charge in [-0.2, -0.15) is 15.2 Å². The topological polar surface area (TPSA) is 110 Å². The van der Waals surface area contributed by atoms with Gasteiger partial charge in [0.05, 0.1) is 49.0 Å². The minimum absolute atomic E-state index is 0.180. The molecule has 49 heavy (non-hydrogen) atoms. The van der Waals surface area contributed by atoms with Crippen LogP contribution in [0, 0.1) is 11.3 Å². The number of ether oxygens (including phenoxy) is 2. The second-order valence-corrected chi connectivity index (χ2v) is 13.5. The highest BCUT2D eigenvalue weighted by atomic mass is 35.5. The number of nitriles is 1. The van der Waals surface area contributed by atoms with Crippen LogP contribution in [0.25, 0.3) is 10.8 Å². The molecule has 3 aliphatic heterocycles. The second kappa shape index (κ2) is 16.6. The Kier molecular flexibility index (Phi) is 11.8. The number of likely N-dealkylation sites (tertiary alicyclic amines) is 1. The highest BCUT2D eigenvalue weighted by molar-refractivity contribution is 6.36. The van der Waals surface area contributed by atoms with E-state index in [1.165, 1.54) is 0 Å². The lowest BCUT2D eigenvalue weighted by Gasteiger charge is -2.35. The van der Waals surface area contributed by atoms with E-state index in [1.807, 2.05) is 18.2 Å². The van der Waals surface area contributed by atoms with E-state index in [-0.39, 0.29) is 18.4 Å². The van der Waals surface area contributed by atoms with Gasteiger partial charge in [-0.3, -0.25) is 9.69 Å². The summed E-state index contributed by atoms with van der Waals surface area (Å²) in [6.07, 6.45) is 6.60. The number of carbonyl (C=O) groups excluding carboxylic acids is 1. The van der Waals surface area contributed by atoms with Gasteiger partial charge in [0, 0.05) is 68.0 Å². The van der Waals surface area contributed by atoms with Crippen LogP contribution in [0.15, 0.2) is 48.6 Å². The van der Waals surface area contributed by atoms with Crippen LogP contribution in [0.5, 0.6) is 6.01 Å². The summed E-state index contributed by atoms with van der Waals surface area (Å²) >= 11 is 6.73. The molecule has 12 heteroatoms. The van der Waals surface area contributed by atoms with Crippen molar-refractivity contribution in [2.45, 2.75) is 51.2 Å². The van der Waals surface area contributed by atoms with Crippen molar-refractivity contribution < 1.29 is 14.3 Å². The van der Waals surface area contributed by atoms with E-state index in [0.29, 0.717) is 58.1 Å². The number of aromatic nitrogens is 2. The van der Waals surface area contributed by atoms with E-state index in [2.05, 4.69) is 69.2 Å². The number of rotatable bonds is 13. The largest absolute Gasteiger partial charge is 0.462 e. The third-order valence-corrected chi connectivity index (χ3v) is 10.1. The van der Waals surface area contributed by atoms with Crippen molar-refractivity contribution in [3.05, 3.63) is 64.8 Å². The van der Waals surface area contributed by atoms with Crippen LogP contribution in [0.3, 0.4) is 0 Å². The van der Waals surface area contributed by atoms with Gasteiger partial charge >= 0.3 is 6.01 Å². The average Bonchev–Trinajstić information content (AvgIpc) is 3.53. The summed E-state index contributed by atoms with van der Waals surface area (Å²) in [6, 6.07) is 14.9. The zero-order chi connectivity index (χ0) is 34.2. The zero-order valence-electron chi connectivity index (χ0n) is 28.6. The number of fused-ring (bicyclic) bond motifs is 2. The SMILES string of the molecule is CCN(C[C@H](CC#N)NC(=O)/C=C/CN1CCOCC1)c1nc(OC[C@@H]2CCCN2C)nc2c1CCN(c1cccc3cccc(Cl)c13)C2. The van der Waals surface area contributed by atoms with E-state index in [0.717, 1.165) is 84.0 Å². The highest BCUT2D eigenvalue weighted by Crippen LogP contribution is 2.37. The van der Waals surface area contributed by atoms with Gasteiger partial charge in [-0.25, -0.2) is 0 Å². The molecule has 0 bridgehead atoms. The predicted molar refractivity (Wildman–Crippen MR) is 193 cm³/mol. The first-order valence-electron chi connectivity index (χ1n) is 17.5. The summed E-state index contributed by atoms with van der Waals surface area (Å²) in [6.45, 7) is 9.90. The number of hydrogen-bond donors (Lipinski definition) is 1. The number of nitrogens with zero attached hydrogens (tertiary/aromatic N) is 7. The maximum atomic E-state index is 13.0. The molecular formula is C37H47ClN8O3. The third kappa shape index (κ3) is 8.62. The van der Waals surface area contributed by atoms with Crippen LogP contribution in [0.4, 0.5) is 11.5 Å². The Morgan fingerprint density at radius 1 is 1.20 bits per heavy atom. The molecule has 0 spiro atoms. The molecule has 4 heterocycles. The van der Waals surface area contributed by atoms with Crippen molar-refractivity contribution in [3.63, 3.8) is 0 Å². The van der Waals surface area contributed by atoms with Crippen LogP contribution in [-0.4, -0.2) is 110 Å². The van der Waals surface area contributed by atoms with Gasteiger partial charge in [-0.05, 0) is 57.3 Å². The summed E-state index contributed by atoms with van der Waals surface area (Å²) in [5.74, 6) is 0.598. The van der Waals surface area contributed by atoms with Crippen LogP contribution in [0.1, 0.15) is 37.4 Å². The minimum Gasteiger partial charge on any atom is -0.462 e. The van der Waals surface area contributed by atoms with Gasteiger partial charge in [0.2, 0.25) is 5.91 Å². The molecule has 3 aromatic rings. The average molecular weight is 687 g/mol. The molecule has 2 saturated heterocycles. The van der Waals surface area contributed by atoms with Gasteiger partial charge in [0.15, 0.2) is 0 Å². The number of halogens is 1. The molecule has 2 atom stereocenters. The number of nitrogens with one attached hydrogen (secondary N) is 1. The van der Waals surface area contributed by atoms with Gasteiger partial charge in [-0.15, -0.1) is 0 Å². The molecular weight excluding hydrogens is 640 g/mol. The Bertz CT molecular complexity index is 1670. The Morgan fingerprint density at radius 2 is 2.02 bits per heavy atom. The second-order valence-electron chi connectivity index (χ2n) is 13.1. The van der Waals surface area contributed by atoms with E-state index >= 15 is 0 Å². The smallest absolute Gasteiger partial charge is 0.318 e. The summed E-state index contributed by atoms with van der Waals surface area (Å²) in [4.78, 5) is 32.0. The maximum Gasteiger partial charge on any atom is 0.318 e. The number of likely N-dealkylation sites (N-methyl/N-ethyl adjacent to an activating group) is 2. The monoisotopic (exact) mass is 686 g/mol. The van der Waals surface area contributed by atoms with Gasteiger partial charge < -0.3 is 29.5 Å². The molecule has 0 aliphatic carbocycles. The summed E-state index contributed by atoms with van der Waals surface area (Å²) < 4.78 is 11.7. The van der Waals surface area contributed by atoms with Crippen LogP contribution >= 0.6 is 11.6 Å². The lowest BCUT2D eigenvalue weighted by atomic mass is 10.0. The van der Waals surface area contributed by atoms with Gasteiger partial charge in [-0.1, -0.05) is 41.9 Å². The fourth-order valence-corrected chi connectivity index (χ4v) is 7.34. The number of morpholine rings is 1. The summed E-state index contributed by atoms with van der Waals surface area (Å²) in [7, 11) is 2.13. The van der Waals surface area contributed by atoms with Crippen molar-refractivity contribution in [2.75, 3.05) is 82.5 Å². The molecule has 3 aliphatic rings. The number of carbonyl (C=O) groups is 1. The number of benzene rings is 2.